The van der Waals surface area contributed by atoms with Crippen LogP contribution in [0.15, 0.2) is 0 Å². The molecule has 0 radical (unpaired) electrons. The van der Waals surface area contributed by atoms with Crippen LogP contribution in [0.2, 0.25) is 0 Å². The Hall–Kier alpha value is -0.120. The molecule has 0 bridgehead atoms. The number of aliphatic hydroxyl groups excluding tert-OH is 1. The first-order valence-electron chi connectivity index (χ1n) is 4.98. The zero-order chi connectivity index (χ0) is 8.39. The molecule has 3 heteroatoms. The summed E-state index contributed by atoms with van der Waals surface area (Å²) >= 11 is 0. The number of rotatable bonds is 3. The van der Waals surface area contributed by atoms with Crippen LogP contribution >= 0.6 is 0 Å². The Morgan fingerprint density at radius 1 is 1.33 bits per heavy atom. The van der Waals surface area contributed by atoms with E-state index in [4.69, 9.17) is 0 Å². The Morgan fingerprint density at radius 2 is 2.17 bits per heavy atom. The minimum absolute atomic E-state index is 0.0365. The zero-order valence-corrected chi connectivity index (χ0v) is 7.42. The highest BCUT2D eigenvalue weighted by Gasteiger charge is 2.26. The third-order valence-electron chi connectivity index (χ3n) is 3.07. The van der Waals surface area contributed by atoms with E-state index in [0.29, 0.717) is 12.0 Å². The summed E-state index contributed by atoms with van der Waals surface area (Å²) in [4.78, 5) is 0. The third-order valence-corrected chi connectivity index (χ3v) is 3.07. The molecule has 1 saturated carbocycles. The van der Waals surface area contributed by atoms with Crippen molar-refractivity contribution in [1.29, 1.82) is 0 Å². The van der Waals surface area contributed by atoms with E-state index in [9.17, 15) is 5.11 Å². The molecule has 1 heterocycles. The van der Waals surface area contributed by atoms with Gasteiger partial charge in [0.1, 0.15) is 0 Å². The highest BCUT2D eigenvalue weighted by Crippen LogP contribution is 2.24. The molecule has 1 aliphatic heterocycles. The van der Waals surface area contributed by atoms with Crippen LogP contribution in [0.4, 0.5) is 0 Å². The van der Waals surface area contributed by atoms with Crippen molar-refractivity contribution in [2.24, 2.45) is 5.92 Å². The van der Waals surface area contributed by atoms with Gasteiger partial charge in [-0.25, -0.2) is 0 Å². The smallest absolute Gasteiger partial charge is 0.0580 e. The average molecular weight is 170 g/mol. The van der Waals surface area contributed by atoms with Crippen LogP contribution in [0.5, 0.6) is 0 Å². The van der Waals surface area contributed by atoms with Gasteiger partial charge in [-0.15, -0.1) is 0 Å². The quantitative estimate of drug-likeness (QED) is 0.545. The Balaban J connectivity index is 1.64. The molecule has 2 atom stereocenters. The van der Waals surface area contributed by atoms with Crippen molar-refractivity contribution < 1.29 is 5.11 Å². The monoisotopic (exact) mass is 170 g/mol. The first-order chi connectivity index (χ1) is 5.86. The van der Waals surface area contributed by atoms with Gasteiger partial charge < -0.3 is 15.7 Å². The molecule has 2 unspecified atom stereocenters. The average Bonchev–Trinajstić information content (AvgIpc) is 2.33. The molecule has 70 valence electrons. The predicted molar refractivity (Wildman–Crippen MR) is 48.0 cm³/mol. The fourth-order valence-electron chi connectivity index (χ4n) is 2.01. The molecule has 0 aromatic rings. The zero-order valence-electron chi connectivity index (χ0n) is 7.42. The number of hydrogen-bond donors (Lipinski definition) is 3. The summed E-state index contributed by atoms with van der Waals surface area (Å²) in [6.07, 6.45) is 3.38. The van der Waals surface area contributed by atoms with Gasteiger partial charge in [0.2, 0.25) is 0 Å². The molecular weight excluding hydrogens is 152 g/mol. The SMILES string of the molecule is OC1CCCC1CNC1CNC1. The molecule has 3 nitrogen and oxygen atoms in total. The lowest BCUT2D eigenvalue weighted by molar-refractivity contribution is 0.128. The summed E-state index contributed by atoms with van der Waals surface area (Å²) in [6, 6.07) is 0.665. The summed E-state index contributed by atoms with van der Waals surface area (Å²) in [5.74, 6) is 0.519. The number of aliphatic hydroxyl groups is 1. The Kier molecular flexibility index (Phi) is 2.63. The van der Waals surface area contributed by atoms with Gasteiger partial charge in [0.15, 0.2) is 0 Å². The van der Waals surface area contributed by atoms with Crippen LogP contribution in [0.1, 0.15) is 19.3 Å². The molecule has 1 saturated heterocycles. The lowest BCUT2D eigenvalue weighted by Gasteiger charge is -2.29. The normalized spacial score (nSPS) is 36.8. The molecule has 12 heavy (non-hydrogen) atoms. The molecule has 0 amide bonds. The van der Waals surface area contributed by atoms with Crippen molar-refractivity contribution in [3.63, 3.8) is 0 Å². The second-order valence-electron chi connectivity index (χ2n) is 4.02. The molecule has 0 spiro atoms. The van der Waals surface area contributed by atoms with Crippen LogP contribution in [-0.2, 0) is 0 Å². The first-order valence-corrected chi connectivity index (χ1v) is 4.98. The van der Waals surface area contributed by atoms with Crippen molar-refractivity contribution in [3.8, 4) is 0 Å². The van der Waals surface area contributed by atoms with Crippen molar-refractivity contribution in [1.82, 2.24) is 10.6 Å². The van der Waals surface area contributed by atoms with E-state index < -0.39 is 0 Å². The second kappa shape index (κ2) is 3.73. The third kappa shape index (κ3) is 1.79. The van der Waals surface area contributed by atoms with Crippen molar-refractivity contribution in [3.05, 3.63) is 0 Å². The van der Waals surface area contributed by atoms with E-state index in [-0.39, 0.29) is 6.10 Å². The van der Waals surface area contributed by atoms with Gasteiger partial charge in [-0.05, 0) is 18.8 Å². The van der Waals surface area contributed by atoms with Crippen molar-refractivity contribution in [2.45, 2.75) is 31.4 Å². The van der Waals surface area contributed by atoms with Crippen LogP contribution in [-0.4, -0.2) is 36.9 Å². The highest BCUT2D eigenvalue weighted by molar-refractivity contribution is 4.85. The van der Waals surface area contributed by atoms with Crippen LogP contribution in [0.3, 0.4) is 0 Å². The van der Waals surface area contributed by atoms with Gasteiger partial charge in [-0.1, -0.05) is 6.42 Å². The number of hydrogen-bond acceptors (Lipinski definition) is 3. The van der Waals surface area contributed by atoms with E-state index >= 15 is 0 Å². The summed E-state index contributed by atoms with van der Waals surface area (Å²) < 4.78 is 0. The van der Waals surface area contributed by atoms with E-state index in [2.05, 4.69) is 10.6 Å². The lowest BCUT2D eigenvalue weighted by atomic mass is 10.0. The van der Waals surface area contributed by atoms with E-state index in [1.165, 1.54) is 12.8 Å². The highest BCUT2D eigenvalue weighted by atomic mass is 16.3. The van der Waals surface area contributed by atoms with Crippen molar-refractivity contribution >= 4 is 0 Å². The summed E-state index contributed by atoms with van der Waals surface area (Å²) in [6.45, 7) is 3.21. The fourth-order valence-corrected chi connectivity index (χ4v) is 2.01. The van der Waals surface area contributed by atoms with E-state index in [1.807, 2.05) is 0 Å². The molecule has 0 aromatic heterocycles. The Labute approximate surface area is 73.5 Å². The van der Waals surface area contributed by atoms with E-state index in [1.54, 1.807) is 0 Å². The lowest BCUT2D eigenvalue weighted by Crippen LogP contribution is -2.56. The standard InChI is InChI=1S/C9H18N2O/c12-9-3-1-2-7(9)4-11-8-5-10-6-8/h7-12H,1-6H2. The summed E-state index contributed by atoms with van der Waals surface area (Å²) in [7, 11) is 0. The Bertz CT molecular complexity index is 147. The number of nitrogens with one attached hydrogen (secondary N) is 2. The Morgan fingerprint density at radius 3 is 2.67 bits per heavy atom. The van der Waals surface area contributed by atoms with Crippen LogP contribution in [0.25, 0.3) is 0 Å². The minimum atomic E-state index is -0.0365. The maximum Gasteiger partial charge on any atom is 0.0580 e. The molecule has 1 aliphatic carbocycles. The van der Waals surface area contributed by atoms with Gasteiger partial charge >= 0.3 is 0 Å². The van der Waals surface area contributed by atoms with Crippen molar-refractivity contribution in [2.75, 3.05) is 19.6 Å². The topological polar surface area (TPSA) is 44.3 Å². The van der Waals surface area contributed by atoms with Gasteiger partial charge in [0, 0.05) is 25.7 Å². The predicted octanol–water partition coefficient (Wildman–Crippen LogP) is -0.291. The molecule has 3 N–H and O–H groups in total. The molecule has 2 aliphatic rings. The molecule has 2 rings (SSSR count). The molecule has 0 aromatic carbocycles. The van der Waals surface area contributed by atoms with Gasteiger partial charge in [0.25, 0.3) is 0 Å². The maximum atomic E-state index is 9.54. The summed E-state index contributed by atoms with van der Waals surface area (Å²) in [5, 5.41) is 16.2. The van der Waals surface area contributed by atoms with Crippen LogP contribution in [0, 0.1) is 5.92 Å². The maximum absolute atomic E-state index is 9.54. The minimum Gasteiger partial charge on any atom is -0.393 e. The first kappa shape index (κ1) is 8.48. The second-order valence-corrected chi connectivity index (χ2v) is 4.02. The molecular formula is C9H18N2O. The largest absolute Gasteiger partial charge is 0.393 e. The van der Waals surface area contributed by atoms with E-state index in [0.717, 1.165) is 26.1 Å². The van der Waals surface area contributed by atoms with Crippen LogP contribution < -0.4 is 10.6 Å². The van der Waals surface area contributed by atoms with Gasteiger partial charge in [0.05, 0.1) is 6.10 Å². The fraction of sp³-hybridized carbons (Fsp3) is 1.00. The van der Waals surface area contributed by atoms with Gasteiger partial charge in [-0.2, -0.15) is 0 Å². The molecule has 2 fully saturated rings. The van der Waals surface area contributed by atoms with Gasteiger partial charge in [-0.3, -0.25) is 0 Å². The summed E-state index contributed by atoms with van der Waals surface area (Å²) in [5.41, 5.74) is 0.